The summed E-state index contributed by atoms with van der Waals surface area (Å²) in [5.74, 6) is 1.09. The highest BCUT2D eigenvalue weighted by molar-refractivity contribution is 7.19. The Bertz CT molecular complexity index is 1890. The number of benzene rings is 3. The van der Waals surface area contributed by atoms with E-state index in [0.717, 1.165) is 44.4 Å². The van der Waals surface area contributed by atoms with Crippen LogP contribution in [0, 0.1) is 10.8 Å². The lowest BCUT2D eigenvalue weighted by Gasteiger charge is -2.39. The van der Waals surface area contributed by atoms with Gasteiger partial charge in [-0.2, -0.15) is 0 Å². The normalized spacial score (nSPS) is 15.7. The number of aromatic nitrogens is 2. The lowest BCUT2D eigenvalue weighted by Crippen LogP contribution is -2.38. The van der Waals surface area contributed by atoms with Gasteiger partial charge in [-0.25, -0.2) is 4.98 Å². The van der Waals surface area contributed by atoms with E-state index in [4.69, 9.17) is 4.98 Å². The zero-order valence-electron chi connectivity index (χ0n) is 25.6. The van der Waals surface area contributed by atoms with Crippen LogP contribution in [-0.4, -0.2) is 15.3 Å². The first-order valence-corrected chi connectivity index (χ1v) is 15.8. The van der Waals surface area contributed by atoms with E-state index in [1.54, 1.807) is 11.3 Å². The summed E-state index contributed by atoms with van der Waals surface area (Å²) in [5, 5.41) is 0. The number of imidazole rings is 1. The van der Waals surface area contributed by atoms with Crippen LogP contribution in [0.5, 0.6) is 0 Å². The minimum absolute atomic E-state index is 0.142. The van der Waals surface area contributed by atoms with Crippen LogP contribution in [0.1, 0.15) is 47.1 Å². The molecule has 0 bridgehead atoms. The summed E-state index contributed by atoms with van der Waals surface area (Å²) < 4.78 is 2.42. The van der Waals surface area contributed by atoms with Gasteiger partial charge in [0.15, 0.2) is 11.6 Å². The molecule has 0 atom stereocenters. The van der Waals surface area contributed by atoms with Crippen molar-refractivity contribution in [1.29, 1.82) is 0 Å². The van der Waals surface area contributed by atoms with Crippen LogP contribution < -0.4 is 0 Å². The summed E-state index contributed by atoms with van der Waals surface area (Å²) in [6.45, 7) is 12.9. The van der Waals surface area contributed by atoms with Gasteiger partial charge < -0.3 is 4.57 Å². The lowest BCUT2D eigenvalue weighted by atomic mass is 9.68. The Balaban J connectivity index is 1.65. The molecule has 0 N–H and O–H groups in total. The monoisotopic (exact) mass is 580 g/mol. The number of Topliss-reactive ketones (excluding diaryl/α,β-unsaturated/α-hetero) is 1. The third kappa shape index (κ3) is 4.31. The fourth-order valence-corrected chi connectivity index (χ4v) is 7.68. The quantitative estimate of drug-likeness (QED) is 0.213. The van der Waals surface area contributed by atoms with Gasteiger partial charge in [-0.3, -0.25) is 4.79 Å². The molecule has 2 aromatic heterocycles. The maximum atomic E-state index is 14.2. The minimum Gasteiger partial charge on any atom is -0.305 e. The summed E-state index contributed by atoms with van der Waals surface area (Å²) >= 11 is 1.79. The summed E-state index contributed by atoms with van der Waals surface area (Å²) in [6, 6.07) is 34.0. The summed E-state index contributed by atoms with van der Waals surface area (Å²) in [6.07, 6.45) is 4.51. The number of ketones is 1. The molecule has 3 aromatic carbocycles. The van der Waals surface area contributed by atoms with Crippen molar-refractivity contribution in [1.82, 2.24) is 9.55 Å². The Kier molecular flexibility index (Phi) is 6.16. The van der Waals surface area contributed by atoms with Crippen molar-refractivity contribution >= 4 is 17.1 Å². The van der Waals surface area contributed by atoms with Gasteiger partial charge in [0.2, 0.25) is 0 Å². The van der Waals surface area contributed by atoms with Crippen molar-refractivity contribution in [2.75, 3.05) is 0 Å². The zero-order valence-corrected chi connectivity index (χ0v) is 26.4. The maximum Gasteiger partial charge on any atom is 0.185 e. The highest BCUT2D eigenvalue weighted by Crippen LogP contribution is 2.58. The van der Waals surface area contributed by atoms with Crippen molar-refractivity contribution in [3.8, 4) is 43.7 Å². The van der Waals surface area contributed by atoms with Crippen LogP contribution in [-0.2, 0) is 10.3 Å². The molecule has 1 aliphatic carbocycles. The average Bonchev–Trinajstić information content (AvgIpc) is 3.66. The van der Waals surface area contributed by atoms with Gasteiger partial charge in [0.05, 0.1) is 16.3 Å². The molecule has 0 radical (unpaired) electrons. The Morgan fingerprint density at radius 1 is 0.674 bits per heavy atom. The third-order valence-electron chi connectivity index (χ3n) is 8.60. The molecule has 1 aliphatic heterocycles. The largest absolute Gasteiger partial charge is 0.305 e. The van der Waals surface area contributed by atoms with Crippen molar-refractivity contribution in [3.63, 3.8) is 0 Å². The van der Waals surface area contributed by atoms with E-state index < -0.39 is 5.54 Å². The molecular formula is C39H36N2OS. The Morgan fingerprint density at radius 2 is 1.16 bits per heavy atom. The summed E-state index contributed by atoms with van der Waals surface area (Å²) in [5.41, 5.74) is 6.87. The zero-order chi connectivity index (χ0) is 30.1. The molecule has 0 amide bonds. The van der Waals surface area contributed by atoms with E-state index in [1.165, 1.54) is 16.0 Å². The SMILES string of the molecule is CC(C)(C)C1=CC2(C=C(C(C)(C)C)C1=O)c1cc(-c3ccccc3)sc1-c1nc(-c3ccccc3)c(-c3ccccc3)n12. The van der Waals surface area contributed by atoms with Crippen LogP contribution in [0.25, 0.3) is 43.7 Å². The minimum atomic E-state index is -0.710. The van der Waals surface area contributed by atoms with Crippen LogP contribution in [0.3, 0.4) is 0 Å². The molecule has 7 rings (SSSR count). The number of carbonyl (C=O) groups is 1. The molecule has 4 heteroatoms. The van der Waals surface area contributed by atoms with E-state index in [2.05, 4.69) is 149 Å². The van der Waals surface area contributed by atoms with Gasteiger partial charge in [-0.15, -0.1) is 11.3 Å². The number of fused-ring (bicyclic) bond motifs is 5. The van der Waals surface area contributed by atoms with Gasteiger partial charge in [-0.1, -0.05) is 133 Å². The smallest absolute Gasteiger partial charge is 0.185 e. The van der Waals surface area contributed by atoms with Crippen molar-refractivity contribution in [3.05, 3.63) is 126 Å². The molecule has 0 fully saturated rings. The standard InChI is InChI=1S/C39H36N2OS/c1-37(2,3)29-23-39(24-30(34(29)42)38(4,5)6)28-22-31(25-16-10-7-11-17-25)43-35(28)36-40-32(26-18-12-8-13-19-26)33(41(36)39)27-20-14-9-15-21-27/h7-24H,1-6H3. The van der Waals surface area contributed by atoms with Crippen LogP contribution in [0.2, 0.25) is 0 Å². The van der Waals surface area contributed by atoms with Gasteiger partial charge >= 0.3 is 0 Å². The maximum absolute atomic E-state index is 14.2. The van der Waals surface area contributed by atoms with Crippen molar-refractivity contribution < 1.29 is 4.79 Å². The molecule has 0 saturated carbocycles. The fourth-order valence-electron chi connectivity index (χ4n) is 6.47. The molecule has 3 heterocycles. The number of rotatable bonds is 3. The van der Waals surface area contributed by atoms with E-state index in [-0.39, 0.29) is 16.6 Å². The van der Waals surface area contributed by atoms with E-state index in [9.17, 15) is 4.79 Å². The summed E-state index contributed by atoms with van der Waals surface area (Å²) in [4.78, 5) is 22.0. The van der Waals surface area contributed by atoms with Crippen LogP contribution in [0.15, 0.2) is 120 Å². The number of thiophene rings is 1. The second kappa shape index (κ2) is 9.62. The first kappa shape index (κ1) is 27.5. The highest BCUT2D eigenvalue weighted by atomic mass is 32.1. The first-order chi connectivity index (χ1) is 20.5. The second-order valence-electron chi connectivity index (χ2n) is 13.7. The third-order valence-corrected chi connectivity index (χ3v) is 9.78. The molecule has 0 saturated heterocycles. The van der Waals surface area contributed by atoms with Gasteiger partial charge in [-0.05, 0) is 34.6 Å². The predicted molar refractivity (Wildman–Crippen MR) is 179 cm³/mol. The van der Waals surface area contributed by atoms with E-state index in [0.29, 0.717) is 0 Å². The number of allylic oxidation sites excluding steroid dienone is 4. The highest BCUT2D eigenvalue weighted by Gasteiger charge is 2.50. The molecule has 2 aliphatic rings. The number of hydrogen-bond acceptors (Lipinski definition) is 3. The van der Waals surface area contributed by atoms with Crippen molar-refractivity contribution in [2.45, 2.75) is 47.1 Å². The molecule has 0 unspecified atom stereocenters. The Morgan fingerprint density at radius 3 is 1.67 bits per heavy atom. The van der Waals surface area contributed by atoms with Gasteiger partial charge in [0, 0.05) is 32.7 Å². The van der Waals surface area contributed by atoms with E-state index in [1.807, 2.05) is 6.07 Å². The first-order valence-electron chi connectivity index (χ1n) is 14.9. The van der Waals surface area contributed by atoms with Crippen LogP contribution >= 0.6 is 11.3 Å². The Labute approximate surface area is 258 Å². The molecule has 1 spiro atoms. The average molecular weight is 581 g/mol. The Hall–Kier alpha value is -4.28. The summed E-state index contributed by atoms with van der Waals surface area (Å²) in [7, 11) is 0. The van der Waals surface area contributed by atoms with Gasteiger partial charge in [0.1, 0.15) is 5.54 Å². The number of hydrogen-bond donors (Lipinski definition) is 0. The predicted octanol–water partition coefficient (Wildman–Crippen LogP) is 10.2. The second-order valence-corrected chi connectivity index (χ2v) is 14.7. The fraction of sp³-hybridized carbons (Fsp3) is 0.231. The van der Waals surface area contributed by atoms with Gasteiger partial charge in [0.25, 0.3) is 0 Å². The van der Waals surface area contributed by atoms with Crippen LogP contribution in [0.4, 0.5) is 0 Å². The lowest BCUT2D eigenvalue weighted by molar-refractivity contribution is -0.114. The van der Waals surface area contributed by atoms with Crippen molar-refractivity contribution in [2.24, 2.45) is 10.8 Å². The molecule has 214 valence electrons. The topological polar surface area (TPSA) is 34.9 Å². The van der Waals surface area contributed by atoms with E-state index >= 15 is 0 Å². The molecule has 5 aromatic rings. The number of carbonyl (C=O) groups excluding carboxylic acids is 1. The molecule has 3 nitrogen and oxygen atoms in total. The molecular weight excluding hydrogens is 545 g/mol. The molecule has 43 heavy (non-hydrogen) atoms. The number of nitrogens with zero attached hydrogens (tertiary/aromatic N) is 2.